The zero-order valence-electron chi connectivity index (χ0n) is 6.40. The van der Waals surface area contributed by atoms with Crippen LogP contribution in [-0.2, 0) is 0 Å². The van der Waals surface area contributed by atoms with Crippen LogP contribution in [0.3, 0.4) is 0 Å². The summed E-state index contributed by atoms with van der Waals surface area (Å²) in [5.74, 6) is -0.116. The number of nitrogens with one attached hydrogen (secondary N) is 2. The summed E-state index contributed by atoms with van der Waals surface area (Å²) < 4.78 is 0. The van der Waals surface area contributed by atoms with E-state index in [1.54, 1.807) is 5.48 Å². The van der Waals surface area contributed by atoms with Crippen LogP contribution in [0.5, 0.6) is 0 Å². The summed E-state index contributed by atoms with van der Waals surface area (Å²) in [5.41, 5.74) is 2.01. The van der Waals surface area contributed by atoms with Gasteiger partial charge in [-0.1, -0.05) is 0 Å². The second-order valence-electron chi connectivity index (χ2n) is 1.99. The smallest absolute Gasteiger partial charge is 0.271 e. The van der Waals surface area contributed by atoms with Crippen molar-refractivity contribution < 1.29 is 10.0 Å². The SMILES string of the molecule is CNC(=O)c1ccc(NO)nn1. The molecular weight excluding hydrogens is 160 g/mol. The fourth-order valence-corrected chi connectivity index (χ4v) is 0.641. The van der Waals surface area contributed by atoms with Crippen LogP contribution in [0.4, 0.5) is 5.82 Å². The number of hydrogen-bond acceptors (Lipinski definition) is 5. The molecule has 0 fully saturated rings. The van der Waals surface area contributed by atoms with Gasteiger partial charge in [-0.3, -0.25) is 15.5 Å². The predicted octanol–water partition coefficient (Wildman–Crippen LogP) is -0.363. The summed E-state index contributed by atoms with van der Waals surface area (Å²) in [7, 11) is 1.50. The molecule has 6 nitrogen and oxygen atoms in total. The molecule has 0 aliphatic heterocycles. The number of aromatic nitrogens is 2. The van der Waals surface area contributed by atoms with Crippen LogP contribution < -0.4 is 10.8 Å². The van der Waals surface area contributed by atoms with Crippen molar-refractivity contribution in [3.8, 4) is 0 Å². The molecule has 1 aromatic rings. The van der Waals surface area contributed by atoms with Crippen LogP contribution in [0.15, 0.2) is 12.1 Å². The summed E-state index contributed by atoms with van der Waals surface area (Å²) in [6, 6.07) is 2.89. The summed E-state index contributed by atoms with van der Waals surface area (Å²) in [5, 5.41) is 17.8. The molecule has 1 heterocycles. The Balaban J connectivity index is 2.84. The van der Waals surface area contributed by atoms with Crippen molar-refractivity contribution >= 4 is 11.7 Å². The third-order valence-electron chi connectivity index (χ3n) is 1.24. The van der Waals surface area contributed by atoms with Gasteiger partial charge in [-0.25, -0.2) is 0 Å². The molecule has 0 spiro atoms. The number of hydrogen-bond donors (Lipinski definition) is 3. The number of amides is 1. The zero-order chi connectivity index (χ0) is 8.97. The van der Waals surface area contributed by atoms with Crippen molar-refractivity contribution in [2.75, 3.05) is 12.5 Å². The summed E-state index contributed by atoms with van der Waals surface area (Å²) in [6.07, 6.45) is 0. The molecule has 1 aromatic heterocycles. The maximum atomic E-state index is 10.9. The van der Waals surface area contributed by atoms with Crippen molar-refractivity contribution in [3.63, 3.8) is 0 Å². The highest BCUT2D eigenvalue weighted by Crippen LogP contribution is 1.99. The van der Waals surface area contributed by atoms with Gasteiger partial charge in [-0.15, -0.1) is 10.2 Å². The van der Waals surface area contributed by atoms with Gasteiger partial charge in [0.25, 0.3) is 5.91 Å². The zero-order valence-corrected chi connectivity index (χ0v) is 6.40. The Morgan fingerprint density at radius 3 is 2.67 bits per heavy atom. The maximum Gasteiger partial charge on any atom is 0.271 e. The fraction of sp³-hybridized carbons (Fsp3) is 0.167. The molecule has 1 rings (SSSR count). The second-order valence-corrected chi connectivity index (χ2v) is 1.99. The molecule has 0 saturated carbocycles. The van der Waals surface area contributed by atoms with E-state index >= 15 is 0 Å². The molecule has 0 unspecified atom stereocenters. The first-order chi connectivity index (χ1) is 5.77. The third-order valence-corrected chi connectivity index (χ3v) is 1.24. The van der Waals surface area contributed by atoms with E-state index in [4.69, 9.17) is 5.21 Å². The minimum absolute atomic E-state index is 0.197. The number of nitrogens with zero attached hydrogens (tertiary/aromatic N) is 2. The van der Waals surface area contributed by atoms with Gasteiger partial charge >= 0.3 is 0 Å². The van der Waals surface area contributed by atoms with Gasteiger partial charge in [0.15, 0.2) is 11.5 Å². The summed E-state index contributed by atoms with van der Waals surface area (Å²) >= 11 is 0. The van der Waals surface area contributed by atoms with Crippen LogP contribution in [0.2, 0.25) is 0 Å². The van der Waals surface area contributed by atoms with Crippen molar-refractivity contribution in [2.45, 2.75) is 0 Å². The Bertz CT molecular complexity index is 271. The average molecular weight is 168 g/mol. The number of anilines is 1. The quantitative estimate of drug-likeness (QED) is 0.525. The Kier molecular flexibility index (Phi) is 2.54. The van der Waals surface area contributed by atoms with Crippen LogP contribution >= 0.6 is 0 Å². The molecule has 6 heteroatoms. The first kappa shape index (κ1) is 8.41. The molecular formula is C6H8N4O2. The van der Waals surface area contributed by atoms with Gasteiger partial charge in [0.1, 0.15) is 0 Å². The topological polar surface area (TPSA) is 87.1 Å². The van der Waals surface area contributed by atoms with Crippen molar-refractivity contribution in [1.82, 2.24) is 15.5 Å². The Hall–Kier alpha value is -1.69. The third kappa shape index (κ3) is 1.67. The number of carbonyl (C=O) groups is 1. The monoisotopic (exact) mass is 168 g/mol. The van der Waals surface area contributed by atoms with Crippen LogP contribution in [0, 0.1) is 0 Å². The largest absolute Gasteiger partial charge is 0.354 e. The van der Waals surface area contributed by atoms with E-state index in [2.05, 4.69) is 15.5 Å². The second kappa shape index (κ2) is 3.63. The highest BCUT2D eigenvalue weighted by Gasteiger charge is 2.04. The molecule has 1 amide bonds. The highest BCUT2D eigenvalue weighted by molar-refractivity contribution is 5.91. The lowest BCUT2D eigenvalue weighted by Crippen LogP contribution is -2.19. The molecule has 12 heavy (non-hydrogen) atoms. The minimum Gasteiger partial charge on any atom is -0.354 e. The van der Waals surface area contributed by atoms with Crippen LogP contribution in [-0.4, -0.2) is 28.4 Å². The molecule has 64 valence electrons. The molecule has 0 bridgehead atoms. The lowest BCUT2D eigenvalue weighted by atomic mass is 10.3. The molecule has 0 saturated heterocycles. The van der Waals surface area contributed by atoms with Crippen molar-refractivity contribution in [3.05, 3.63) is 17.8 Å². The number of carbonyl (C=O) groups excluding carboxylic acids is 1. The van der Waals surface area contributed by atoms with E-state index in [1.165, 1.54) is 19.2 Å². The van der Waals surface area contributed by atoms with Crippen LogP contribution in [0.1, 0.15) is 10.5 Å². The van der Waals surface area contributed by atoms with E-state index in [9.17, 15) is 4.79 Å². The molecule has 0 radical (unpaired) electrons. The minimum atomic E-state index is -0.313. The van der Waals surface area contributed by atoms with Gasteiger partial charge in [0.2, 0.25) is 0 Å². The van der Waals surface area contributed by atoms with E-state index in [0.717, 1.165) is 0 Å². The molecule has 0 aliphatic rings. The Morgan fingerprint density at radius 1 is 1.50 bits per heavy atom. The molecule has 3 N–H and O–H groups in total. The lowest BCUT2D eigenvalue weighted by Gasteiger charge is -1.98. The van der Waals surface area contributed by atoms with Crippen molar-refractivity contribution in [1.29, 1.82) is 0 Å². The first-order valence-electron chi connectivity index (χ1n) is 3.24. The summed E-state index contributed by atoms with van der Waals surface area (Å²) in [4.78, 5) is 10.9. The molecule has 0 atom stereocenters. The highest BCUT2D eigenvalue weighted by atomic mass is 16.5. The maximum absolute atomic E-state index is 10.9. The normalized spacial score (nSPS) is 9.17. The molecule has 0 aliphatic carbocycles. The van der Waals surface area contributed by atoms with Crippen LogP contribution in [0.25, 0.3) is 0 Å². The van der Waals surface area contributed by atoms with Gasteiger partial charge in [-0.2, -0.15) is 0 Å². The first-order valence-corrected chi connectivity index (χ1v) is 3.24. The van der Waals surface area contributed by atoms with Gasteiger partial charge in [0.05, 0.1) is 0 Å². The molecule has 0 aromatic carbocycles. The van der Waals surface area contributed by atoms with E-state index in [-0.39, 0.29) is 17.4 Å². The van der Waals surface area contributed by atoms with Gasteiger partial charge < -0.3 is 5.32 Å². The van der Waals surface area contributed by atoms with Gasteiger partial charge in [0, 0.05) is 7.05 Å². The van der Waals surface area contributed by atoms with E-state index < -0.39 is 0 Å². The Labute approximate surface area is 68.6 Å². The fourth-order valence-electron chi connectivity index (χ4n) is 0.641. The van der Waals surface area contributed by atoms with Crippen molar-refractivity contribution in [2.24, 2.45) is 0 Å². The average Bonchev–Trinajstić information content (AvgIpc) is 2.17. The predicted molar refractivity (Wildman–Crippen MR) is 40.8 cm³/mol. The lowest BCUT2D eigenvalue weighted by molar-refractivity contribution is 0.0957. The standard InChI is InChI=1S/C6H8N4O2/c1-7-6(11)4-2-3-5(10-12)9-8-4/h2-3,12H,1H3,(H,7,11)(H,9,10). The summed E-state index contributed by atoms with van der Waals surface area (Å²) in [6.45, 7) is 0. The van der Waals surface area contributed by atoms with E-state index in [0.29, 0.717) is 0 Å². The van der Waals surface area contributed by atoms with Gasteiger partial charge in [-0.05, 0) is 12.1 Å². The van der Waals surface area contributed by atoms with E-state index in [1.807, 2.05) is 0 Å². The number of rotatable bonds is 2. The Morgan fingerprint density at radius 2 is 2.25 bits per heavy atom.